The Morgan fingerprint density at radius 1 is 0.906 bits per heavy atom. The van der Waals surface area contributed by atoms with Crippen LogP contribution in [-0.4, -0.2) is 69.4 Å². The third kappa shape index (κ3) is 8.09. The van der Waals surface area contributed by atoms with Crippen LogP contribution in [0, 0.1) is 0 Å². The summed E-state index contributed by atoms with van der Waals surface area (Å²) in [6.07, 6.45) is 0. The lowest BCUT2D eigenvalue weighted by Gasteiger charge is -2.26. The van der Waals surface area contributed by atoms with Crippen molar-refractivity contribution in [3.63, 3.8) is 0 Å². The number of likely N-dealkylation sites (N-methyl/N-ethyl adjacent to an activating group) is 1. The molecular formula is C24H32N2O5S. The van der Waals surface area contributed by atoms with E-state index in [4.69, 9.17) is 4.74 Å². The summed E-state index contributed by atoms with van der Waals surface area (Å²) in [5.41, 5.74) is 0.324. The van der Waals surface area contributed by atoms with E-state index in [-0.39, 0.29) is 23.1 Å². The summed E-state index contributed by atoms with van der Waals surface area (Å²) in [6.45, 7) is 6.11. The Hall–Kier alpha value is -2.71. The number of hydrogen-bond acceptors (Lipinski definition) is 6. The van der Waals surface area contributed by atoms with E-state index < -0.39 is 21.4 Å². The topological polar surface area (TPSA) is 84.0 Å². The van der Waals surface area contributed by atoms with Gasteiger partial charge in [-0.3, -0.25) is 9.59 Å². The number of carbonyl (C=O) groups excluding carboxylic acids is 2. The van der Waals surface area contributed by atoms with Gasteiger partial charge in [0, 0.05) is 18.7 Å². The molecule has 0 aliphatic carbocycles. The highest BCUT2D eigenvalue weighted by Crippen LogP contribution is 2.17. The molecule has 0 spiro atoms. The Morgan fingerprint density at radius 3 is 2.03 bits per heavy atom. The second-order valence-electron chi connectivity index (χ2n) is 8.89. The molecule has 0 atom stereocenters. The van der Waals surface area contributed by atoms with E-state index in [9.17, 15) is 18.0 Å². The Balaban J connectivity index is 2.14. The van der Waals surface area contributed by atoms with Crippen LogP contribution in [-0.2, 0) is 25.1 Å². The molecule has 1 amide bonds. The fourth-order valence-corrected chi connectivity index (χ4v) is 4.33. The van der Waals surface area contributed by atoms with E-state index in [0.29, 0.717) is 24.2 Å². The number of benzene rings is 2. The van der Waals surface area contributed by atoms with Gasteiger partial charge in [0.15, 0.2) is 9.84 Å². The highest BCUT2D eigenvalue weighted by atomic mass is 32.2. The molecule has 0 unspecified atom stereocenters. The lowest BCUT2D eigenvalue weighted by molar-refractivity contribution is -0.155. The number of hydrogen-bond donors (Lipinski definition) is 0. The van der Waals surface area contributed by atoms with E-state index in [1.54, 1.807) is 75.4 Å². The first-order valence-corrected chi connectivity index (χ1v) is 12.1. The summed E-state index contributed by atoms with van der Waals surface area (Å²) >= 11 is 0. The maximum absolute atomic E-state index is 13.1. The number of rotatable bonds is 9. The molecule has 0 radical (unpaired) electrons. The fourth-order valence-electron chi connectivity index (χ4n) is 2.96. The van der Waals surface area contributed by atoms with Crippen molar-refractivity contribution in [1.29, 1.82) is 0 Å². The Labute approximate surface area is 190 Å². The molecule has 0 aromatic heterocycles. The van der Waals surface area contributed by atoms with Gasteiger partial charge >= 0.3 is 5.97 Å². The number of carbonyl (C=O) groups is 2. The summed E-state index contributed by atoms with van der Waals surface area (Å²) < 4.78 is 30.5. The number of esters is 1. The van der Waals surface area contributed by atoms with Crippen LogP contribution in [0.5, 0.6) is 0 Å². The Morgan fingerprint density at radius 2 is 1.50 bits per heavy atom. The molecule has 174 valence electrons. The molecule has 0 saturated heterocycles. The van der Waals surface area contributed by atoms with Crippen LogP contribution in [0.4, 0.5) is 0 Å². The van der Waals surface area contributed by atoms with Gasteiger partial charge < -0.3 is 14.5 Å². The predicted octanol–water partition coefficient (Wildman–Crippen LogP) is 3.01. The minimum absolute atomic E-state index is 0.159. The van der Waals surface area contributed by atoms with E-state index in [1.807, 2.05) is 19.0 Å². The molecule has 2 aromatic carbocycles. The van der Waals surface area contributed by atoms with Gasteiger partial charge in [-0.15, -0.1) is 0 Å². The monoisotopic (exact) mass is 460 g/mol. The smallest absolute Gasteiger partial charge is 0.326 e. The summed E-state index contributed by atoms with van der Waals surface area (Å²) in [4.78, 5) is 29.0. The molecule has 2 aromatic rings. The van der Waals surface area contributed by atoms with Crippen LogP contribution in [0.15, 0.2) is 59.5 Å². The molecule has 7 nitrogen and oxygen atoms in total. The zero-order chi connectivity index (χ0) is 23.9. The number of sulfone groups is 1. The second kappa shape index (κ2) is 10.7. The van der Waals surface area contributed by atoms with Crippen LogP contribution in [0.2, 0.25) is 0 Å². The lowest BCUT2D eigenvalue weighted by Crippen LogP contribution is -2.42. The van der Waals surface area contributed by atoms with Crippen molar-refractivity contribution in [3.05, 3.63) is 65.7 Å². The summed E-state index contributed by atoms with van der Waals surface area (Å²) in [7, 11) is 0.298. The summed E-state index contributed by atoms with van der Waals surface area (Å²) in [5.74, 6) is -0.946. The van der Waals surface area contributed by atoms with Crippen molar-refractivity contribution in [3.8, 4) is 0 Å². The molecule has 0 saturated carbocycles. The summed E-state index contributed by atoms with van der Waals surface area (Å²) in [5, 5.41) is 0. The van der Waals surface area contributed by atoms with E-state index in [0.717, 1.165) is 0 Å². The molecule has 0 bridgehead atoms. The average molecular weight is 461 g/mol. The lowest BCUT2D eigenvalue weighted by atomic mass is 10.1. The van der Waals surface area contributed by atoms with Crippen LogP contribution in [0.25, 0.3) is 0 Å². The van der Waals surface area contributed by atoms with Crippen molar-refractivity contribution >= 4 is 21.7 Å². The number of amides is 1. The quantitative estimate of drug-likeness (QED) is 0.535. The molecule has 0 aliphatic heterocycles. The zero-order valence-corrected chi connectivity index (χ0v) is 20.2. The molecule has 2 rings (SSSR count). The molecule has 32 heavy (non-hydrogen) atoms. The highest BCUT2D eigenvalue weighted by molar-refractivity contribution is 7.90. The average Bonchev–Trinajstić information content (AvgIpc) is 2.70. The molecular weight excluding hydrogens is 428 g/mol. The van der Waals surface area contributed by atoms with Gasteiger partial charge in [0.1, 0.15) is 12.1 Å². The fraction of sp³-hybridized carbons (Fsp3) is 0.417. The number of ether oxygens (including phenoxy) is 1. The van der Waals surface area contributed by atoms with Crippen molar-refractivity contribution < 1.29 is 22.7 Å². The minimum Gasteiger partial charge on any atom is -0.459 e. The minimum atomic E-state index is -3.48. The van der Waals surface area contributed by atoms with Gasteiger partial charge in [0.2, 0.25) is 0 Å². The van der Waals surface area contributed by atoms with Crippen LogP contribution in [0.1, 0.15) is 36.7 Å². The van der Waals surface area contributed by atoms with Gasteiger partial charge in [-0.1, -0.05) is 30.3 Å². The van der Waals surface area contributed by atoms with Crippen molar-refractivity contribution in [2.24, 2.45) is 0 Å². The van der Waals surface area contributed by atoms with E-state index in [2.05, 4.69) is 0 Å². The first kappa shape index (κ1) is 25.5. The van der Waals surface area contributed by atoms with Crippen LogP contribution >= 0.6 is 0 Å². The maximum atomic E-state index is 13.1. The maximum Gasteiger partial charge on any atom is 0.326 e. The van der Waals surface area contributed by atoms with Crippen molar-refractivity contribution in [1.82, 2.24) is 9.80 Å². The molecule has 0 fully saturated rings. The highest BCUT2D eigenvalue weighted by Gasteiger charge is 2.23. The number of nitrogens with zero attached hydrogens (tertiary/aromatic N) is 2. The largest absolute Gasteiger partial charge is 0.459 e. The standard InChI is InChI=1S/C24H32N2O5S/c1-24(2,3)31-22(27)17-26(16-15-25(4)5)23(28)20-13-11-19(12-14-20)18-32(29,30)21-9-7-6-8-10-21/h6-14H,15-18H2,1-5H3. The first-order chi connectivity index (χ1) is 14.9. The second-order valence-corrected chi connectivity index (χ2v) is 10.9. The van der Waals surface area contributed by atoms with Crippen LogP contribution < -0.4 is 0 Å². The van der Waals surface area contributed by atoms with Gasteiger partial charge in [0.25, 0.3) is 5.91 Å². The zero-order valence-electron chi connectivity index (χ0n) is 19.4. The molecule has 0 heterocycles. The van der Waals surface area contributed by atoms with Gasteiger partial charge in [-0.25, -0.2) is 8.42 Å². The normalized spacial score (nSPS) is 11.9. The third-order valence-electron chi connectivity index (χ3n) is 4.50. The van der Waals surface area contributed by atoms with Gasteiger partial charge in [0.05, 0.1) is 10.6 Å². The van der Waals surface area contributed by atoms with Crippen molar-refractivity contribution in [2.75, 3.05) is 33.7 Å². The SMILES string of the molecule is CN(C)CCN(CC(=O)OC(C)(C)C)C(=O)c1ccc(CS(=O)(=O)c2ccccc2)cc1. The Bertz CT molecular complexity index is 1010. The summed E-state index contributed by atoms with van der Waals surface area (Å²) in [6, 6.07) is 14.7. The Kier molecular flexibility index (Phi) is 8.58. The van der Waals surface area contributed by atoms with E-state index in [1.165, 1.54) is 4.90 Å². The third-order valence-corrected chi connectivity index (χ3v) is 6.21. The van der Waals surface area contributed by atoms with Gasteiger partial charge in [-0.05, 0) is 64.7 Å². The first-order valence-electron chi connectivity index (χ1n) is 10.4. The molecule has 8 heteroatoms. The predicted molar refractivity (Wildman–Crippen MR) is 124 cm³/mol. The van der Waals surface area contributed by atoms with E-state index >= 15 is 0 Å². The molecule has 0 aliphatic rings. The van der Waals surface area contributed by atoms with Crippen LogP contribution in [0.3, 0.4) is 0 Å². The van der Waals surface area contributed by atoms with Gasteiger partial charge in [-0.2, -0.15) is 0 Å². The van der Waals surface area contributed by atoms with Crippen molar-refractivity contribution in [2.45, 2.75) is 37.0 Å². The molecule has 0 N–H and O–H groups in total.